The lowest BCUT2D eigenvalue weighted by Crippen LogP contribution is -2.52. The van der Waals surface area contributed by atoms with Crippen LogP contribution in [-0.2, 0) is 0 Å². The first-order valence-corrected chi connectivity index (χ1v) is 8.63. The zero-order valence-corrected chi connectivity index (χ0v) is 15.7. The molecule has 144 valence electrons. The van der Waals surface area contributed by atoms with Crippen LogP contribution in [0.25, 0.3) is 0 Å². The summed E-state index contributed by atoms with van der Waals surface area (Å²) in [5, 5.41) is 9.94. The van der Waals surface area contributed by atoms with Crippen molar-refractivity contribution in [3.8, 4) is 17.2 Å². The number of hydrogen-bond acceptors (Lipinski definition) is 6. The maximum absolute atomic E-state index is 12.9. The van der Waals surface area contributed by atoms with Crippen LogP contribution in [0.4, 0.5) is 5.82 Å². The van der Waals surface area contributed by atoms with Gasteiger partial charge in [0.15, 0.2) is 11.5 Å². The highest BCUT2D eigenvalue weighted by Crippen LogP contribution is 2.38. The molecule has 0 unspecified atom stereocenters. The molecule has 0 bridgehead atoms. The summed E-state index contributed by atoms with van der Waals surface area (Å²) in [5.74, 6) is 1.96. The molecule has 1 aliphatic rings. The second kappa shape index (κ2) is 8.03. The average Bonchev–Trinajstić information content (AvgIpc) is 2.72. The first-order valence-electron chi connectivity index (χ1n) is 8.63. The van der Waals surface area contributed by atoms with Crippen LogP contribution in [0.2, 0.25) is 0 Å². The molecule has 0 atom stereocenters. The predicted molar refractivity (Wildman–Crippen MR) is 98.0 cm³/mol. The molecule has 1 aliphatic heterocycles. The van der Waals surface area contributed by atoms with Gasteiger partial charge in [-0.2, -0.15) is 0 Å². The van der Waals surface area contributed by atoms with Gasteiger partial charge in [0.25, 0.3) is 5.91 Å². The van der Waals surface area contributed by atoms with Gasteiger partial charge in [0.1, 0.15) is 19.3 Å². The Morgan fingerprint density at radius 3 is 2.15 bits per heavy atom. The molecule has 2 heterocycles. The number of ether oxygens (including phenoxy) is 3. The molecule has 27 heavy (non-hydrogen) atoms. The number of nitrogens with zero attached hydrogens (tertiary/aromatic N) is 3. The number of piperazine rings is 1. The zero-order valence-electron chi connectivity index (χ0n) is 15.7. The second-order valence-corrected chi connectivity index (χ2v) is 6.10. The number of hydrogen-bond donors (Lipinski definition) is 1. The molecule has 3 rings (SSSR count). The zero-order chi connectivity index (χ0) is 19.4. The van der Waals surface area contributed by atoms with Gasteiger partial charge in [-0.1, -0.05) is 10.8 Å². The highest BCUT2D eigenvalue weighted by molar-refractivity contribution is 5.95. The fraction of sp³-hybridized carbons (Fsp3) is 0.368. The van der Waals surface area contributed by atoms with Crippen LogP contribution in [0.5, 0.6) is 17.2 Å². The molecular formula is C19H24N3O5+. The smallest absolute Gasteiger partial charge is 0.316 e. The van der Waals surface area contributed by atoms with Gasteiger partial charge in [-0.25, -0.2) is 0 Å². The summed E-state index contributed by atoms with van der Waals surface area (Å²) >= 11 is 0. The Morgan fingerprint density at radius 2 is 1.63 bits per heavy atom. The minimum atomic E-state index is -0.0983. The maximum Gasteiger partial charge on any atom is 0.316 e. The van der Waals surface area contributed by atoms with Gasteiger partial charge in [0, 0.05) is 11.6 Å². The third kappa shape index (κ3) is 3.69. The lowest BCUT2D eigenvalue weighted by Gasteiger charge is -2.31. The molecule has 1 amide bonds. The summed E-state index contributed by atoms with van der Waals surface area (Å²) in [6.07, 6.45) is 1.59. The normalized spacial score (nSPS) is 14.0. The minimum absolute atomic E-state index is 0.0983. The van der Waals surface area contributed by atoms with E-state index in [-0.39, 0.29) is 5.91 Å². The fourth-order valence-corrected chi connectivity index (χ4v) is 3.20. The standard InChI is InChI=1S/C19H24N3O5/c1-25-15-12-14(13-16(26-2)18(15)27-3)19(23)21-10-8-20(9-11-21)17-6-4-5-7-22(17)24/h4-7,12-13,24H,8-11H2,1-3H3/q+1. The summed E-state index contributed by atoms with van der Waals surface area (Å²) in [6.45, 7) is 2.34. The second-order valence-electron chi connectivity index (χ2n) is 6.10. The van der Waals surface area contributed by atoms with E-state index in [1.807, 2.05) is 17.0 Å². The van der Waals surface area contributed by atoms with Crippen LogP contribution in [0.3, 0.4) is 0 Å². The molecule has 1 N–H and O–H groups in total. The molecular weight excluding hydrogens is 350 g/mol. The van der Waals surface area contributed by atoms with Crippen LogP contribution < -0.4 is 23.8 Å². The van der Waals surface area contributed by atoms with Gasteiger partial charge in [-0.05, 0) is 18.2 Å². The number of methoxy groups -OCH3 is 3. The lowest BCUT2D eigenvalue weighted by atomic mass is 10.1. The molecule has 1 fully saturated rings. The van der Waals surface area contributed by atoms with E-state index >= 15 is 0 Å². The van der Waals surface area contributed by atoms with Crippen molar-refractivity contribution >= 4 is 11.7 Å². The van der Waals surface area contributed by atoms with Crippen molar-refractivity contribution in [3.05, 3.63) is 42.1 Å². The van der Waals surface area contributed by atoms with Gasteiger partial charge in [0.2, 0.25) is 5.75 Å². The molecule has 8 nitrogen and oxygen atoms in total. The number of aromatic nitrogens is 1. The number of rotatable bonds is 5. The first-order chi connectivity index (χ1) is 13.1. The van der Waals surface area contributed by atoms with E-state index in [0.29, 0.717) is 54.8 Å². The van der Waals surface area contributed by atoms with Gasteiger partial charge in [-0.3, -0.25) is 9.69 Å². The Labute approximate surface area is 158 Å². The average molecular weight is 374 g/mol. The van der Waals surface area contributed by atoms with Crippen LogP contribution in [0.15, 0.2) is 36.5 Å². The van der Waals surface area contributed by atoms with Crippen molar-refractivity contribution in [2.45, 2.75) is 0 Å². The summed E-state index contributed by atoms with van der Waals surface area (Å²) in [6, 6.07) is 8.80. The Morgan fingerprint density at radius 1 is 1.00 bits per heavy atom. The molecule has 0 saturated carbocycles. The van der Waals surface area contributed by atoms with E-state index < -0.39 is 0 Å². The van der Waals surface area contributed by atoms with Gasteiger partial charge >= 0.3 is 5.82 Å². The molecule has 0 aliphatic carbocycles. The topological polar surface area (TPSA) is 75.4 Å². The third-order valence-corrected chi connectivity index (χ3v) is 4.62. The highest BCUT2D eigenvalue weighted by Gasteiger charge is 2.29. The van der Waals surface area contributed by atoms with Crippen LogP contribution in [0.1, 0.15) is 10.4 Å². The van der Waals surface area contributed by atoms with E-state index in [2.05, 4.69) is 0 Å². The summed E-state index contributed by atoms with van der Waals surface area (Å²) < 4.78 is 17.1. The fourth-order valence-electron chi connectivity index (χ4n) is 3.20. The van der Waals surface area contributed by atoms with Crippen molar-refractivity contribution in [1.82, 2.24) is 4.90 Å². The third-order valence-electron chi connectivity index (χ3n) is 4.62. The number of benzene rings is 1. The van der Waals surface area contributed by atoms with Gasteiger partial charge in [-0.15, -0.1) is 0 Å². The lowest BCUT2D eigenvalue weighted by molar-refractivity contribution is -0.894. The number of carbonyl (C=O) groups excluding carboxylic acids is 1. The summed E-state index contributed by atoms with van der Waals surface area (Å²) in [5.41, 5.74) is 0.481. The molecule has 0 radical (unpaired) electrons. The number of amides is 1. The van der Waals surface area contributed by atoms with E-state index in [1.165, 1.54) is 21.3 Å². The molecule has 1 saturated heterocycles. The van der Waals surface area contributed by atoms with Crippen LogP contribution in [0, 0.1) is 0 Å². The van der Waals surface area contributed by atoms with Crippen molar-refractivity contribution in [2.75, 3.05) is 52.4 Å². The molecule has 0 spiro atoms. The first kappa shape index (κ1) is 18.6. The van der Waals surface area contributed by atoms with Crippen molar-refractivity contribution in [3.63, 3.8) is 0 Å². The van der Waals surface area contributed by atoms with E-state index in [9.17, 15) is 10.0 Å². The van der Waals surface area contributed by atoms with Gasteiger partial charge in [0.05, 0.1) is 34.4 Å². The molecule has 2 aromatic rings. The monoisotopic (exact) mass is 374 g/mol. The van der Waals surface area contributed by atoms with Crippen LogP contribution in [-0.4, -0.2) is 63.5 Å². The van der Waals surface area contributed by atoms with Crippen LogP contribution >= 0.6 is 0 Å². The summed E-state index contributed by atoms with van der Waals surface area (Å²) in [7, 11) is 4.57. The molecule has 1 aromatic carbocycles. The minimum Gasteiger partial charge on any atom is -0.493 e. The van der Waals surface area contributed by atoms with Gasteiger partial charge < -0.3 is 24.3 Å². The van der Waals surface area contributed by atoms with E-state index in [4.69, 9.17) is 14.2 Å². The number of anilines is 1. The largest absolute Gasteiger partial charge is 0.493 e. The number of pyridine rings is 1. The Balaban J connectivity index is 1.75. The summed E-state index contributed by atoms with van der Waals surface area (Å²) in [4.78, 5) is 16.8. The molecule has 1 aromatic heterocycles. The Hall–Kier alpha value is -3.16. The van der Waals surface area contributed by atoms with Crippen molar-refractivity contribution < 1.29 is 28.9 Å². The Kier molecular flexibility index (Phi) is 5.54. The SMILES string of the molecule is COc1cc(C(=O)N2CCN(c3cccc[n+]3O)CC2)cc(OC)c1OC. The van der Waals surface area contributed by atoms with E-state index in [0.717, 1.165) is 4.73 Å². The Bertz CT molecular complexity index is 794. The highest BCUT2D eigenvalue weighted by atomic mass is 16.5. The number of carbonyl (C=O) groups is 1. The maximum atomic E-state index is 12.9. The predicted octanol–water partition coefficient (Wildman–Crippen LogP) is 1.20. The van der Waals surface area contributed by atoms with E-state index in [1.54, 1.807) is 29.3 Å². The van der Waals surface area contributed by atoms with Crippen molar-refractivity contribution in [2.24, 2.45) is 0 Å². The van der Waals surface area contributed by atoms with Crippen molar-refractivity contribution in [1.29, 1.82) is 0 Å². The molecule has 8 heteroatoms. The quantitative estimate of drug-likeness (QED) is 0.626.